The monoisotopic (exact) mass is 376 g/mol. The smallest absolute Gasteiger partial charge is 0.163 e. The third kappa shape index (κ3) is 3.30. The number of alkyl halides is 1. The van der Waals surface area contributed by atoms with E-state index in [0.717, 1.165) is 0 Å². The Labute approximate surface area is 134 Å². The van der Waals surface area contributed by atoms with Gasteiger partial charge < -0.3 is 9.47 Å². The van der Waals surface area contributed by atoms with Gasteiger partial charge in [0.1, 0.15) is 11.6 Å². The van der Waals surface area contributed by atoms with E-state index in [2.05, 4.69) is 15.9 Å². The topological polar surface area (TPSA) is 18.5 Å². The second-order valence-electron chi connectivity index (χ2n) is 4.26. The number of rotatable bonds is 4. The maximum absolute atomic E-state index is 14.2. The lowest BCUT2D eigenvalue weighted by molar-refractivity contribution is 0.351. The Morgan fingerprint density at radius 3 is 2.14 bits per heavy atom. The average molecular weight is 378 g/mol. The summed E-state index contributed by atoms with van der Waals surface area (Å²) in [5.41, 5.74) is 0.474. The van der Waals surface area contributed by atoms with Crippen LogP contribution < -0.4 is 9.47 Å². The maximum atomic E-state index is 14.2. The van der Waals surface area contributed by atoms with Gasteiger partial charge in [-0.2, -0.15) is 0 Å². The van der Waals surface area contributed by atoms with E-state index < -0.39 is 16.5 Å². The molecule has 0 aliphatic carbocycles. The van der Waals surface area contributed by atoms with Crippen LogP contribution in [0.2, 0.25) is 5.02 Å². The molecular weight excluding hydrogens is 366 g/mol. The molecule has 0 aromatic heterocycles. The van der Waals surface area contributed by atoms with Crippen LogP contribution in [0.4, 0.5) is 8.78 Å². The van der Waals surface area contributed by atoms with Crippen molar-refractivity contribution in [3.05, 3.63) is 58.1 Å². The fraction of sp³-hybridized carbons (Fsp3) is 0.200. The minimum Gasteiger partial charge on any atom is -0.493 e. The predicted octanol–water partition coefficient (Wildman–Crippen LogP) is 5.12. The van der Waals surface area contributed by atoms with Gasteiger partial charge in [0.15, 0.2) is 11.5 Å². The minimum absolute atomic E-state index is 0.230. The summed E-state index contributed by atoms with van der Waals surface area (Å²) >= 11 is 9.17. The van der Waals surface area contributed by atoms with E-state index >= 15 is 0 Å². The molecular formula is C15H12BrClF2O2. The summed E-state index contributed by atoms with van der Waals surface area (Å²) in [7, 11) is 2.86. The average Bonchev–Trinajstić information content (AvgIpc) is 2.48. The molecule has 2 nitrogen and oxygen atoms in total. The van der Waals surface area contributed by atoms with Crippen molar-refractivity contribution in [1.82, 2.24) is 0 Å². The molecule has 0 fully saturated rings. The molecule has 0 aliphatic heterocycles. The first-order chi connectivity index (χ1) is 9.97. The fourth-order valence-electron chi connectivity index (χ4n) is 1.94. The van der Waals surface area contributed by atoms with E-state index in [4.69, 9.17) is 21.1 Å². The summed E-state index contributed by atoms with van der Waals surface area (Å²) in [5.74, 6) is -0.379. The Morgan fingerprint density at radius 1 is 0.952 bits per heavy atom. The molecule has 0 radical (unpaired) electrons. The van der Waals surface area contributed by atoms with Crippen LogP contribution in [0.3, 0.4) is 0 Å². The van der Waals surface area contributed by atoms with Gasteiger partial charge in [-0.05, 0) is 24.3 Å². The SMILES string of the molecule is COc1cc(F)c(C(Br)c2cc(Cl)ccc2F)cc1OC. The second-order valence-corrected chi connectivity index (χ2v) is 5.61. The molecule has 2 aromatic carbocycles. The third-order valence-electron chi connectivity index (χ3n) is 3.01. The standard InChI is InChI=1S/C15H12BrClF2O2/c1-20-13-6-10(12(19)7-14(13)21-2)15(16)9-5-8(17)3-4-11(9)18/h3-7,15H,1-2H3. The normalized spacial score (nSPS) is 12.1. The van der Waals surface area contributed by atoms with Crippen molar-refractivity contribution in [3.8, 4) is 11.5 Å². The first-order valence-electron chi connectivity index (χ1n) is 5.98. The molecule has 0 bridgehead atoms. The van der Waals surface area contributed by atoms with Crippen molar-refractivity contribution in [2.45, 2.75) is 4.83 Å². The molecule has 0 aliphatic rings. The van der Waals surface area contributed by atoms with Crippen LogP contribution in [0.25, 0.3) is 0 Å². The van der Waals surface area contributed by atoms with E-state index in [1.807, 2.05) is 0 Å². The number of halogens is 4. The first-order valence-corrected chi connectivity index (χ1v) is 7.27. The Balaban J connectivity index is 2.52. The van der Waals surface area contributed by atoms with Crippen molar-refractivity contribution >= 4 is 27.5 Å². The Hall–Kier alpha value is -1.33. The molecule has 21 heavy (non-hydrogen) atoms. The zero-order chi connectivity index (χ0) is 15.6. The van der Waals surface area contributed by atoms with E-state index in [1.165, 1.54) is 44.6 Å². The van der Waals surface area contributed by atoms with E-state index in [-0.39, 0.29) is 16.9 Å². The zero-order valence-electron chi connectivity index (χ0n) is 11.3. The lowest BCUT2D eigenvalue weighted by Crippen LogP contribution is -2.02. The van der Waals surface area contributed by atoms with Crippen LogP contribution in [0.15, 0.2) is 30.3 Å². The van der Waals surface area contributed by atoms with Gasteiger partial charge in [0.2, 0.25) is 0 Å². The van der Waals surface area contributed by atoms with Crippen molar-refractivity contribution in [1.29, 1.82) is 0 Å². The maximum Gasteiger partial charge on any atom is 0.163 e. The van der Waals surface area contributed by atoms with Gasteiger partial charge in [0, 0.05) is 22.2 Å². The lowest BCUT2D eigenvalue weighted by Gasteiger charge is -2.16. The highest BCUT2D eigenvalue weighted by Gasteiger charge is 2.21. The van der Waals surface area contributed by atoms with Crippen molar-refractivity contribution < 1.29 is 18.3 Å². The number of ether oxygens (including phenoxy) is 2. The molecule has 0 heterocycles. The third-order valence-corrected chi connectivity index (χ3v) is 4.23. The van der Waals surface area contributed by atoms with Crippen LogP contribution >= 0.6 is 27.5 Å². The molecule has 1 atom stereocenters. The summed E-state index contributed by atoms with van der Waals surface area (Å²) in [6, 6.07) is 6.79. The van der Waals surface area contributed by atoms with Crippen LogP contribution in [0.5, 0.6) is 11.5 Å². The van der Waals surface area contributed by atoms with Gasteiger partial charge >= 0.3 is 0 Å². The molecule has 0 amide bonds. The van der Waals surface area contributed by atoms with Crippen LogP contribution in [-0.4, -0.2) is 14.2 Å². The minimum atomic E-state index is -0.698. The summed E-state index contributed by atoms with van der Waals surface area (Å²) in [5, 5.41) is 0.372. The Morgan fingerprint density at radius 2 is 1.52 bits per heavy atom. The van der Waals surface area contributed by atoms with Crippen LogP contribution in [0, 0.1) is 11.6 Å². The Kier molecular flexibility index (Phi) is 5.06. The van der Waals surface area contributed by atoms with Crippen molar-refractivity contribution in [2.24, 2.45) is 0 Å². The fourth-order valence-corrected chi connectivity index (χ4v) is 2.82. The molecule has 0 N–H and O–H groups in total. The van der Waals surface area contributed by atoms with Crippen molar-refractivity contribution in [3.63, 3.8) is 0 Å². The summed E-state index contributed by atoms with van der Waals surface area (Å²) in [6.45, 7) is 0. The quantitative estimate of drug-likeness (QED) is 0.689. The molecule has 2 rings (SSSR count). The van der Waals surface area contributed by atoms with Crippen LogP contribution in [0.1, 0.15) is 16.0 Å². The highest BCUT2D eigenvalue weighted by Crippen LogP contribution is 2.39. The summed E-state index contributed by atoms with van der Waals surface area (Å²) in [4.78, 5) is -0.698. The highest BCUT2D eigenvalue weighted by atomic mass is 79.9. The number of hydrogen-bond acceptors (Lipinski definition) is 2. The van der Waals surface area contributed by atoms with E-state index in [0.29, 0.717) is 10.8 Å². The van der Waals surface area contributed by atoms with Crippen molar-refractivity contribution in [2.75, 3.05) is 14.2 Å². The number of hydrogen-bond donors (Lipinski definition) is 0. The number of methoxy groups -OCH3 is 2. The van der Waals surface area contributed by atoms with Gasteiger partial charge in [0.05, 0.1) is 19.0 Å². The van der Waals surface area contributed by atoms with Gasteiger partial charge in [0.25, 0.3) is 0 Å². The zero-order valence-corrected chi connectivity index (χ0v) is 13.6. The number of benzene rings is 2. The van der Waals surface area contributed by atoms with Crippen LogP contribution in [-0.2, 0) is 0 Å². The molecule has 0 spiro atoms. The largest absolute Gasteiger partial charge is 0.493 e. The molecule has 112 valence electrons. The van der Waals surface area contributed by atoms with E-state index in [1.54, 1.807) is 0 Å². The Bertz CT molecular complexity index is 664. The second kappa shape index (κ2) is 6.62. The molecule has 0 saturated carbocycles. The molecule has 0 saturated heterocycles. The molecule has 1 unspecified atom stereocenters. The van der Waals surface area contributed by atoms with E-state index in [9.17, 15) is 8.78 Å². The highest BCUT2D eigenvalue weighted by molar-refractivity contribution is 9.09. The predicted molar refractivity (Wildman–Crippen MR) is 81.7 cm³/mol. The summed E-state index contributed by atoms with van der Waals surface area (Å²) in [6.07, 6.45) is 0. The van der Waals surface area contributed by atoms with Gasteiger partial charge in [-0.25, -0.2) is 8.78 Å². The lowest BCUT2D eigenvalue weighted by atomic mass is 10.0. The van der Waals surface area contributed by atoms with Gasteiger partial charge in [-0.3, -0.25) is 0 Å². The van der Waals surface area contributed by atoms with Gasteiger partial charge in [-0.1, -0.05) is 27.5 Å². The molecule has 6 heteroatoms. The van der Waals surface area contributed by atoms with Gasteiger partial charge in [-0.15, -0.1) is 0 Å². The molecule has 2 aromatic rings. The summed E-state index contributed by atoms with van der Waals surface area (Å²) < 4.78 is 38.3. The first kappa shape index (κ1) is 16.0.